The molecule has 0 heterocycles. The standard InChI is InChI=1S/C61H102O6/c1-4-7-10-13-16-19-22-25-28-30-33-36-39-42-45-48-51-54-60(63)66-57-58(56-65-59(62)53-50-47-44-41-38-35-32-27-24-21-18-15-12-9-6-3)67-61(64)55-52-49-46-43-40-37-34-31-29-26-23-20-17-14-11-8-5-2/h9,12,15-16,18-19,21,24-26,28-29,33,36,42,45,58H,4-8,10-11,13-14,17,20,22-23,27,30-32,34-35,37-41,43-44,46-57H2,1-3H3/b12-9-,18-15-,19-16-,24-21-,28-25-,29-26-,36-33-,45-42-. The smallest absolute Gasteiger partial charge is 0.306 e. The van der Waals surface area contributed by atoms with Crippen LogP contribution in [-0.4, -0.2) is 37.2 Å². The van der Waals surface area contributed by atoms with Crippen LogP contribution in [0.1, 0.15) is 252 Å². The maximum Gasteiger partial charge on any atom is 0.306 e. The van der Waals surface area contributed by atoms with Crippen molar-refractivity contribution >= 4 is 17.9 Å². The highest BCUT2D eigenvalue weighted by molar-refractivity contribution is 5.71. The molecular formula is C61H102O6. The van der Waals surface area contributed by atoms with Crippen LogP contribution < -0.4 is 0 Å². The van der Waals surface area contributed by atoms with Gasteiger partial charge in [0.05, 0.1) is 0 Å². The monoisotopic (exact) mass is 931 g/mol. The van der Waals surface area contributed by atoms with Crippen LogP contribution in [0, 0.1) is 0 Å². The van der Waals surface area contributed by atoms with E-state index in [1.54, 1.807) is 0 Å². The van der Waals surface area contributed by atoms with Gasteiger partial charge in [0.15, 0.2) is 6.10 Å². The molecule has 0 aromatic rings. The summed E-state index contributed by atoms with van der Waals surface area (Å²) >= 11 is 0. The second-order valence-corrected chi connectivity index (χ2v) is 18.2. The highest BCUT2D eigenvalue weighted by Gasteiger charge is 2.19. The number of hydrogen-bond donors (Lipinski definition) is 0. The van der Waals surface area contributed by atoms with Crippen molar-refractivity contribution in [2.75, 3.05) is 13.2 Å². The Morgan fingerprint density at radius 1 is 0.328 bits per heavy atom. The fourth-order valence-corrected chi connectivity index (χ4v) is 7.43. The zero-order valence-electron chi connectivity index (χ0n) is 43.6. The summed E-state index contributed by atoms with van der Waals surface area (Å²) in [6, 6.07) is 0. The van der Waals surface area contributed by atoms with E-state index in [1.807, 2.05) is 0 Å². The van der Waals surface area contributed by atoms with Crippen LogP contribution in [0.2, 0.25) is 0 Å². The first kappa shape index (κ1) is 63.3. The van der Waals surface area contributed by atoms with Crippen molar-refractivity contribution in [3.63, 3.8) is 0 Å². The van der Waals surface area contributed by atoms with E-state index in [1.165, 1.54) is 128 Å². The Morgan fingerprint density at radius 2 is 0.657 bits per heavy atom. The lowest BCUT2D eigenvalue weighted by molar-refractivity contribution is -0.167. The number of hydrogen-bond acceptors (Lipinski definition) is 6. The minimum absolute atomic E-state index is 0.103. The number of ether oxygens (including phenoxy) is 3. The van der Waals surface area contributed by atoms with Gasteiger partial charge in [-0.3, -0.25) is 14.4 Å². The third-order valence-corrected chi connectivity index (χ3v) is 11.6. The Bertz CT molecular complexity index is 1350. The molecule has 0 saturated carbocycles. The molecule has 0 amide bonds. The molecule has 6 heteroatoms. The van der Waals surface area contributed by atoms with Gasteiger partial charge < -0.3 is 14.2 Å². The molecular weight excluding hydrogens is 829 g/mol. The quantitative estimate of drug-likeness (QED) is 0.0199. The van der Waals surface area contributed by atoms with E-state index in [4.69, 9.17) is 14.2 Å². The van der Waals surface area contributed by atoms with E-state index >= 15 is 0 Å². The normalized spacial score (nSPS) is 12.8. The average Bonchev–Trinajstić information content (AvgIpc) is 3.33. The number of allylic oxidation sites excluding steroid dienone is 16. The van der Waals surface area contributed by atoms with E-state index in [0.717, 1.165) is 77.0 Å². The Hall–Kier alpha value is -3.67. The number of esters is 3. The molecule has 0 aliphatic heterocycles. The van der Waals surface area contributed by atoms with Crippen LogP contribution in [0.25, 0.3) is 0 Å². The zero-order chi connectivity index (χ0) is 48.6. The summed E-state index contributed by atoms with van der Waals surface area (Å²) in [6.07, 6.45) is 72.5. The SMILES string of the molecule is CC\C=C/C=C\C=C/CCCCCCCCCC(=O)OCC(COC(=O)CCC/C=C\C/C=C\C/C=C\C/C=C\CCCCC)OC(=O)CCCCCCCCC/C=C\CCCCCCCC. The summed E-state index contributed by atoms with van der Waals surface area (Å²) in [6.45, 7) is 6.42. The van der Waals surface area contributed by atoms with Crippen LogP contribution in [0.5, 0.6) is 0 Å². The molecule has 1 unspecified atom stereocenters. The van der Waals surface area contributed by atoms with Crippen LogP contribution >= 0.6 is 0 Å². The fourth-order valence-electron chi connectivity index (χ4n) is 7.43. The molecule has 0 aliphatic rings. The van der Waals surface area contributed by atoms with Crippen LogP contribution in [0.3, 0.4) is 0 Å². The molecule has 0 radical (unpaired) electrons. The van der Waals surface area contributed by atoms with E-state index in [9.17, 15) is 14.4 Å². The highest BCUT2D eigenvalue weighted by atomic mass is 16.6. The van der Waals surface area contributed by atoms with Crippen molar-refractivity contribution in [2.45, 2.75) is 258 Å². The Balaban J connectivity index is 4.50. The highest BCUT2D eigenvalue weighted by Crippen LogP contribution is 2.14. The van der Waals surface area contributed by atoms with Gasteiger partial charge in [0.1, 0.15) is 13.2 Å². The van der Waals surface area contributed by atoms with Gasteiger partial charge in [-0.2, -0.15) is 0 Å². The van der Waals surface area contributed by atoms with E-state index in [2.05, 4.69) is 118 Å². The molecule has 0 spiro atoms. The Kier molecular flexibility index (Phi) is 51.9. The molecule has 0 aromatic carbocycles. The van der Waals surface area contributed by atoms with Gasteiger partial charge in [0.2, 0.25) is 0 Å². The van der Waals surface area contributed by atoms with Crippen molar-refractivity contribution in [3.05, 3.63) is 97.2 Å². The topological polar surface area (TPSA) is 78.9 Å². The van der Waals surface area contributed by atoms with Gasteiger partial charge >= 0.3 is 17.9 Å². The fraction of sp³-hybridized carbons (Fsp3) is 0.689. The van der Waals surface area contributed by atoms with Gasteiger partial charge in [-0.1, -0.05) is 227 Å². The van der Waals surface area contributed by atoms with Gasteiger partial charge in [-0.25, -0.2) is 0 Å². The van der Waals surface area contributed by atoms with Gasteiger partial charge in [-0.15, -0.1) is 0 Å². The van der Waals surface area contributed by atoms with Crippen molar-refractivity contribution < 1.29 is 28.6 Å². The minimum atomic E-state index is -0.808. The van der Waals surface area contributed by atoms with E-state index in [0.29, 0.717) is 19.3 Å². The molecule has 382 valence electrons. The van der Waals surface area contributed by atoms with Gasteiger partial charge in [0.25, 0.3) is 0 Å². The summed E-state index contributed by atoms with van der Waals surface area (Å²) in [5.74, 6) is -0.976. The number of unbranched alkanes of at least 4 members (excludes halogenated alkanes) is 24. The summed E-state index contributed by atoms with van der Waals surface area (Å²) in [5.41, 5.74) is 0. The van der Waals surface area contributed by atoms with Crippen molar-refractivity contribution in [1.29, 1.82) is 0 Å². The second-order valence-electron chi connectivity index (χ2n) is 18.2. The molecule has 0 aliphatic carbocycles. The predicted octanol–water partition coefficient (Wildman–Crippen LogP) is 18.5. The largest absolute Gasteiger partial charge is 0.462 e. The summed E-state index contributed by atoms with van der Waals surface area (Å²) in [4.78, 5) is 38.1. The third-order valence-electron chi connectivity index (χ3n) is 11.6. The van der Waals surface area contributed by atoms with Gasteiger partial charge in [0, 0.05) is 19.3 Å². The van der Waals surface area contributed by atoms with Crippen LogP contribution in [0.4, 0.5) is 0 Å². The lowest BCUT2D eigenvalue weighted by Gasteiger charge is -2.18. The molecule has 0 bridgehead atoms. The molecule has 67 heavy (non-hydrogen) atoms. The Morgan fingerprint density at radius 3 is 1.13 bits per heavy atom. The zero-order valence-corrected chi connectivity index (χ0v) is 43.6. The summed E-state index contributed by atoms with van der Waals surface area (Å²) < 4.78 is 16.8. The molecule has 0 saturated heterocycles. The minimum Gasteiger partial charge on any atom is -0.462 e. The molecule has 0 rings (SSSR count). The predicted molar refractivity (Wildman–Crippen MR) is 288 cm³/mol. The number of carbonyl (C=O) groups is 3. The maximum absolute atomic E-state index is 12.8. The Labute approximate surface area is 413 Å². The summed E-state index contributed by atoms with van der Waals surface area (Å²) in [7, 11) is 0. The van der Waals surface area contributed by atoms with Crippen LogP contribution in [0.15, 0.2) is 97.2 Å². The summed E-state index contributed by atoms with van der Waals surface area (Å²) in [5, 5.41) is 0. The van der Waals surface area contributed by atoms with Crippen molar-refractivity contribution in [3.8, 4) is 0 Å². The number of carbonyl (C=O) groups excluding carboxylic acids is 3. The molecule has 0 N–H and O–H groups in total. The first-order valence-electron chi connectivity index (χ1n) is 27.8. The van der Waals surface area contributed by atoms with E-state index < -0.39 is 6.10 Å². The molecule has 1 atom stereocenters. The lowest BCUT2D eigenvalue weighted by Crippen LogP contribution is -2.30. The average molecular weight is 931 g/mol. The first-order chi connectivity index (χ1) is 33.0. The number of rotatable bonds is 49. The lowest BCUT2D eigenvalue weighted by atomic mass is 10.1. The van der Waals surface area contributed by atoms with Crippen LogP contribution in [-0.2, 0) is 28.6 Å². The van der Waals surface area contributed by atoms with Crippen molar-refractivity contribution in [2.24, 2.45) is 0 Å². The molecule has 6 nitrogen and oxygen atoms in total. The first-order valence-corrected chi connectivity index (χ1v) is 27.8. The van der Waals surface area contributed by atoms with E-state index in [-0.39, 0.29) is 37.5 Å². The second kappa shape index (κ2) is 54.9. The molecule has 0 aromatic heterocycles. The maximum atomic E-state index is 12.8. The van der Waals surface area contributed by atoms with Crippen molar-refractivity contribution in [1.82, 2.24) is 0 Å². The third kappa shape index (κ3) is 53.2. The molecule has 0 fully saturated rings. The van der Waals surface area contributed by atoms with Gasteiger partial charge in [-0.05, 0) is 103 Å².